The summed E-state index contributed by atoms with van der Waals surface area (Å²) in [7, 11) is 0. The molecule has 0 spiro atoms. The van der Waals surface area contributed by atoms with Gasteiger partial charge in [-0.25, -0.2) is 0 Å². The maximum Gasteiger partial charge on any atom is 0.141 e. The Morgan fingerprint density at radius 3 is 2.50 bits per heavy atom. The Labute approximate surface area is 133 Å². The van der Waals surface area contributed by atoms with Crippen molar-refractivity contribution < 1.29 is 4.52 Å². The molecule has 1 aromatic heterocycles. The van der Waals surface area contributed by atoms with E-state index in [1.165, 1.54) is 0 Å². The van der Waals surface area contributed by atoms with Gasteiger partial charge in [0.25, 0.3) is 0 Å². The van der Waals surface area contributed by atoms with Crippen LogP contribution in [0.25, 0.3) is 11.1 Å². The highest BCUT2D eigenvalue weighted by atomic mass is 35.5. The minimum Gasteiger partial charge on any atom is -0.361 e. The first-order valence-electron chi connectivity index (χ1n) is 7.09. The van der Waals surface area contributed by atoms with Crippen molar-refractivity contribution in [3.8, 4) is 11.1 Å². The number of rotatable bonds is 1. The third-order valence-electron chi connectivity index (χ3n) is 3.89. The van der Waals surface area contributed by atoms with Crippen LogP contribution in [0.3, 0.4) is 0 Å². The van der Waals surface area contributed by atoms with E-state index < -0.39 is 0 Å². The van der Waals surface area contributed by atoms with Gasteiger partial charge >= 0.3 is 0 Å². The van der Waals surface area contributed by atoms with Crippen LogP contribution in [-0.2, 0) is 6.54 Å². The van der Waals surface area contributed by atoms with Gasteiger partial charge in [-0.2, -0.15) is 0 Å². The fraction of sp³-hybridized carbons (Fsp3) is 0.111. The van der Waals surface area contributed by atoms with Crippen molar-refractivity contribution in [3.63, 3.8) is 0 Å². The highest BCUT2D eigenvalue weighted by Crippen LogP contribution is 2.34. The molecule has 0 N–H and O–H groups in total. The first kappa shape index (κ1) is 13.3. The van der Waals surface area contributed by atoms with Crippen LogP contribution in [0, 0.1) is 6.92 Å². The molecule has 0 unspecified atom stereocenters. The van der Waals surface area contributed by atoms with Gasteiger partial charge < -0.3 is 4.52 Å². The maximum atomic E-state index is 6.00. The molecule has 0 amide bonds. The molecule has 0 atom stereocenters. The lowest BCUT2D eigenvalue weighted by atomic mass is 9.93. The average Bonchev–Trinajstić information content (AvgIpc) is 2.82. The molecule has 2 heterocycles. The number of nitrogens with zero attached hydrogens (tertiary/aromatic N) is 2. The quantitative estimate of drug-likeness (QED) is 0.656. The van der Waals surface area contributed by atoms with Crippen molar-refractivity contribution in [1.82, 2.24) is 5.16 Å². The monoisotopic (exact) mass is 308 g/mol. The Kier molecular flexibility index (Phi) is 3.09. The molecular weight excluding hydrogens is 296 g/mol. The molecule has 0 radical (unpaired) electrons. The van der Waals surface area contributed by atoms with Gasteiger partial charge in [0.05, 0.1) is 17.8 Å². The molecule has 2 aromatic carbocycles. The lowest BCUT2D eigenvalue weighted by molar-refractivity contribution is 0.391. The van der Waals surface area contributed by atoms with E-state index in [1.807, 2.05) is 43.3 Å². The van der Waals surface area contributed by atoms with Crippen LogP contribution in [0.1, 0.15) is 22.6 Å². The van der Waals surface area contributed by atoms with E-state index in [0.29, 0.717) is 6.54 Å². The molecule has 0 saturated carbocycles. The second-order valence-corrected chi connectivity index (χ2v) is 5.71. The van der Waals surface area contributed by atoms with Crippen LogP contribution in [0.4, 0.5) is 0 Å². The summed E-state index contributed by atoms with van der Waals surface area (Å²) in [6, 6.07) is 16.0. The van der Waals surface area contributed by atoms with Crippen LogP contribution in [0.15, 0.2) is 58.0 Å². The van der Waals surface area contributed by atoms with E-state index in [4.69, 9.17) is 21.1 Å². The van der Waals surface area contributed by atoms with E-state index in [2.05, 4.69) is 17.3 Å². The van der Waals surface area contributed by atoms with Gasteiger partial charge in [-0.3, -0.25) is 4.99 Å². The summed E-state index contributed by atoms with van der Waals surface area (Å²) in [6.07, 6.45) is 0. The summed E-state index contributed by atoms with van der Waals surface area (Å²) in [4.78, 5) is 4.77. The molecular formula is C18H13ClN2O. The zero-order valence-electron chi connectivity index (χ0n) is 12.0. The minimum absolute atomic E-state index is 0.513. The van der Waals surface area contributed by atoms with Crippen molar-refractivity contribution in [2.75, 3.05) is 0 Å². The van der Waals surface area contributed by atoms with Crippen molar-refractivity contribution in [1.29, 1.82) is 0 Å². The van der Waals surface area contributed by atoms with Gasteiger partial charge in [0.15, 0.2) is 0 Å². The first-order chi connectivity index (χ1) is 10.7. The van der Waals surface area contributed by atoms with Gasteiger partial charge in [0.1, 0.15) is 11.5 Å². The second-order valence-electron chi connectivity index (χ2n) is 5.28. The van der Waals surface area contributed by atoms with Crippen LogP contribution in [-0.4, -0.2) is 10.9 Å². The SMILES string of the molecule is Cc1onc2c1-c1ccccc1C(c1ccc(Cl)cc1)=NC2. The highest BCUT2D eigenvalue weighted by molar-refractivity contribution is 6.30. The number of benzene rings is 2. The summed E-state index contributed by atoms with van der Waals surface area (Å²) in [5.74, 6) is 0.829. The molecule has 108 valence electrons. The summed E-state index contributed by atoms with van der Waals surface area (Å²) in [5.41, 5.74) is 6.16. The molecule has 0 aliphatic carbocycles. The van der Waals surface area contributed by atoms with Gasteiger partial charge in [-0.1, -0.05) is 53.2 Å². The van der Waals surface area contributed by atoms with Crippen LogP contribution < -0.4 is 0 Å². The third kappa shape index (κ3) is 2.06. The van der Waals surface area contributed by atoms with Crippen molar-refractivity contribution >= 4 is 17.3 Å². The molecule has 3 nitrogen and oxygen atoms in total. The Hall–Kier alpha value is -2.39. The fourth-order valence-electron chi connectivity index (χ4n) is 2.87. The Balaban J connectivity index is 1.96. The molecule has 1 aliphatic rings. The van der Waals surface area contributed by atoms with E-state index in [9.17, 15) is 0 Å². The summed E-state index contributed by atoms with van der Waals surface area (Å²) >= 11 is 6.00. The molecule has 1 aliphatic heterocycles. The number of aliphatic imine (C=N–C) groups is 1. The number of halogens is 1. The zero-order chi connectivity index (χ0) is 15.1. The molecule has 4 rings (SSSR count). The maximum absolute atomic E-state index is 6.00. The summed E-state index contributed by atoms with van der Waals surface area (Å²) in [5, 5.41) is 4.88. The standard InChI is InChI=1S/C18H13ClN2O/c1-11-17-14-4-2-3-5-15(14)18(20-10-16(17)21-22-11)12-6-8-13(19)9-7-12/h2-9H,10H2,1H3. The van der Waals surface area contributed by atoms with Gasteiger partial charge in [-0.15, -0.1) is 0 Å². The van der Waals surface area contributed by atoms with E-state index in [1.54, 1.807) is 0 Å². The lowest BCUT2D eigenvalue weighted by Gasteiger charge is -2.10. The van der Waals surface area contributed by atoms with Crippen LogP contribution in [0.2, 0.25) is 5.02 Å². The number of aromatic nitrogens is 1. The Morgan fingerprint density at radius 2 is 1.73 bits per heavy atom. The van der Waals surface area contributed by atoms with Crippen molar-refractivity contribution in [2.45, 2.75) is 13.5 Å². The lowest BCUT2D eigenvalue weighted by Crippen LogP contribution is -2.04. The number of hydrogen-bond donors (Lipinski definition) is 0. The number of aryl methyl sites for hydroxylation is 1. The van der Waals surface area contributed by atoms with Crippen LogP contribution in [0.5, 0.6) is 0 Å². The molecule has 22 heavy (non-hydrogen) atoms. The predicted octanol–water partition coefficient (Wildman–Crippen LogP) is 4.65. The third-order valence-corrected chi connectivity index (χ3v) is 4.14. The van der Waals surface area contributed by atoms with Gasteiger partial charge in [0.2, 0.25) is 0 Å². The summed E-state index contributed by atoms with van der Waals surface area (Å²) in [6.45, 7) is 2.45. The Morgan fingerprint density at radius 1 is 1.00 bits per heavy atom. The Bertz CT molecular complexity index is 878. The molecule has 0 fully saturated rings. The van der Waals surface area contributed by atoms with Gasteiger partial charge in [0, 0.05) is 16.1 Å². The van der Waals surface area contributed by atoms with Crippen molar-refractivity contribution in [2.24, 2.45) is 4.99 Å². The molecule has 0 saturated heterocycles. The largest absolute Gasteiger partial charge is 0.361 e. The molecule has 4 heteroatoms. The normalized spacial score (nSPS) is 13.1. The van der Waals surface area contributed by atoms with E-state index in [0.717, 1.165) is 44.4 Å². The number of fused-ring (bicyclic) bond motifs is 3. The van der Waals surface area contributed by atoms with E-state index in [-0.39, 0.29) is 0 Å². The zero-order valence-corrected chi connectivity index (χ0v) is 12.8. The van der Waals surface area contributed by atoms with E-state index >= 15 is 0 Å². The van der Waals surface area contributed by atoms with Crippen molar-refractivity contribution in [3.05, 3.63) is 76.1 Å². The smallest absolute Gasteiger partial charge is 0.141 e. The van der Waals surface area contributed by atoms with Gasteiger partial charge in [-0.05, 0) is 24.6 Å². The first-order valence-corrected chi connectivity index (χ1v) is 7.47. The average molecular weight is 309 g/mol. The highest BCUT2D eigenvalue weighted by Gasteiger charge is 2.23. The summed E-state index contributed by atoms with van der Waals surface area (Å²) < 4.78 is 5.35. The topological polar surface area (TPSA) is 38.4 Å². The molecule has 0 bridgehead atoms. The molecule has 3 aromatic rings. The fourth-order valence-corrected chi connectivity index (χ4v) is 3.00. The number of hydrogen-bond acceptors (Lipinski definition) is 3. The van der Waals surface area contributed by atoms with Crippen LogP contribution >= 0.6 is 11.6 Å². The predicted molar refractivity (Wildman–Crippen MR) is 87.5 cm³/mol. The second kappa shape index (κ2) is 5.11. The minimum atomic E-state index is 0.513.